The lowest BCUT2D eigenvalue weighted by Crippen LogP contribution is -2.47. The van der Waals surface area contributed by atoms with E-state index in [0.717, 1.165) is 4.31 Å². The van der Waals surface area contributed by atoms with Gasteiger partial charge in [-0.3, -0.25) is 4.79 Å². The van der Waals surface area contributed by atoms with Crippen molar-refractivity contribution in [3.8, 4) is 6.07 Å². The largest absolute Gasteiger partial charge is 0.480 e. The second-order valence-corrected chi connectivity index (χ2v) is 6.50. The number of sulfonamides is 1. The fraction of sp³-hybridized carbons (Fsp3) is 0.385. The summed E-state index contributed by atoms with van der Waals surface area (Å²) in [5, 5.41) is 18.0. The standard InChI is InChI=1S/C13H14N2O4S/c14-9-10-4-3-5-11(8-10)20(18,19)15-7-2-1-6-12(15)13(16)17/h3-5,8,12H,1-2,6-7H2,(H,16,17)/t12-/m0/s1. The fourth-order valence-electron chi connectivity index (χ4n) is 2.30. The minimum absolute atomic E-state index is 0.0373. The molecule has 20 heavy (non-hydrogen) atoms. The molecule has 2 rings (SSSR count). The monoisotopic (exact) mass is 294 g/mol. The maximum atomic E-state index is 12.5. The van der Waals surface area contributed by atoms with Crippen LogP contribution in [0.3, 0.4) is 0 Å². The van der Waals surface area contributed by atoms with Crippen LogP contribution in [0.1, 0.15) is 24.8 Å². The average molecular weight is 294 g/mol. The van der Waals surface area contributed by atoms with E-state index in [1.165, 1.54) is 24.3 Å². The van der Waals surface area contributed by atoms with Gasteiger partial charge in [-0.25, -0.2) is 8.42 Å². The lowest BCUT2D eigenvalue weighted by molar-refractivity contribution is -0.142. The van der Waals surface area contributed by atoms with Crippen LogP contribution in [-0.2, 0) is 14.8 Å². The van der Waals surface area contributed by atoms with Crippen LogP contribution in [0.5, 0.6) is 0 Å². The topological polar surface area (TPSA) is 98.5 Å². The number of nitrogens with zero attached hydrogens (tertiary/aromatic N) is 2. The lowest BCUT2D eigenvalue weighted by Gasteiger charge is -2.31. The molecule has 1 N–H and O–H groups in total. The second-order valence-electron chi connectivity index (χ2n) is 4.61. The summed E-state index contributed by atoms with van der Waals surface area (Å²) in [5.41, 5.74) is 0.231. The van der Waals surface area contributed by atoms with Crippen LogP contribution in [0.25, 0.3) is 0 Å². The van der Waals surface area contributed by atoms with Gasteiger partial charge in [-0.15, -0.1) is 0 Å². The Hall–Kier alpha value is -1.91. The normalized spacial score (nSPS) is 20.2. The quantitative estimate of drug-likeness (QED) is 0.902. The Morgan fingerprint density at radius 2 is 2.15 bits per heavy atom. The molecule has 0 radical (unpaired) electrons. The summed E-state index contributed by atoms with van der Waals surface area (Å²) in [5.74, 6) is -1.13. The van der Waals surface area contributed by atoms with Crippen molar-refractivity contribution in [3.63, 3.8) is 0 Å². The molecule has 0 bridgehead atoms. The van der Waals surface area contributed by atoms with E-state index in [4.69, 9.17) is 10.4 Å². The highest BCUT2D eigenvalue weighted by Crippen LogP contribution is 2.25. The smallest absolute Gasteiger partial charge is 0.322 e. The zero-order chi connectivity index (χ0) is 14.8. The molecule has 0 aliphatic carbocycles. The molecule has 1 aliphatic rings. The lowest BCUT2D eigenvalue weighted by atomic mass is 10.1. The third kappa shape index (κ3) is 2.66. The molecule has 1 saturated heterocycles. The molecular weight excluding hydrogens is 280 g/mol. The van der Waals surface area contributed by atoms with E-state index >= 15 is 0 Å². The van der Waals surface area contributed by atoms with Crippen molar-refractivity contribution in [3.05, 3.63) is 29.8 Å². The molecule has 0 spiro atoms. The molecule has 1 fully saturated rings. The number of carboxylic acid groups (broad SMARTS) is 1. The maximum Gasteiger partial charge on any atom is 0.322 e. The van der Waals surface area contributed by atoms with Crippen molar-refractivity contribution in [2.45, 2.75) is 30.2 Å². The van der Waals surface area contributed by atoms with Gasteiger partial charge in [0.05, 0.1) is 16.5 Å². The van der Waals surface area contributed by atoms with Crippen molar-refractivity contribution in [2.75, 3.05) is 6.54 Å². The Kier molecular flexibility index (Phi) is 4.06. The zero-order valence-electron chi connectivity index (χ0n) is 10.7. The molecule has 106 valence electrons. The summed E-state index contributed by atoms with van der Waals surface area (Å²) >= 11 is 0. The van der Waals surface area contributed by atoms with Crippen molar-refractivity contribution >= 4 is 16.0 Å². The molecular formula is C13H14N2O4S. The van der Waals surface area contributed by atoms with Gasteiger partial charge in [0.1, 0.15) is 6.04 Å². The summed E-state index contributed by atoms with van der Waals surface area (Å²) in [6.07, 6.45) is 1.65. The number of nitriles is 1. The number of piperidine rings is 1. The molecule has 7 heteroatoms. The molecule has 6 nitrogen and oxygen atoms in total. The highest BCUT2D eigenvalue weighted by Gasteiger charge is 2.37. The van der Waals surface area contributed by atoms with Gasteiger partial charge in [-0.05, 0) is 37.5 Å². The molecule has 1 aromatic carbocycles. The van der Waals surface area contributed by atoms with Gasteiger partial charge < -0.3 is 5.11 Å². The molecule has 0 saturated carbocycles. The van der Waals surface area contributed by atoms with Crippen molar-refractivity contribution in [2.24, 2.45) is 0 Å². The van der Waals surface area contributed by atoms with Gasteiger partial charge in [-0.2, -0.15) is 9.57 Å². The fourth-order valence-corrected chi connectivity index (χ4v) is 4.00. The molecule has 1 atom stereocenters. The minimum atomic E-state index is -3.89. The van der Waals surface area contributed by atoms with Gasteiger partial charge in [0, 0.05) is 6.54 Å². The highest BCUT2D eigenvalue weighted by atomic mass is 32.2. The number of hydrogen-bond acceptors (Lipinski definition) is 4. The number of aliphatic carboxylic acids is 1. The first-order valence-corrected chi connectivity index (χ1v) is 7.65. The summed E-state index contributed by atoms with van der Waals surface area (Å²) in [7, 11) is -3.89. The highest BCUT2D eigenvalue weighted by molar-refractivity contribution is 7.89. The Morgan fingerprint density at radius 3 is 2.80 bits per heavy atom. The van der Waals surface area contributed by atoms with E-state index in [1.54, 1.807) is 0 Å². The van der Waals surface area contributed by atoms with Crippen molar-refractivity contribution < 1.29 is 18.3 Å². The van der Waals surface area contributed by atoms with E-state index in [-0.39, 0.29) is 17.0 Å². The van der Waals surface area contributed by atoms with Crippen LogP contribution in [0, 0.1) is 11.3 Å². The summed E-state index contributed by atoms with van der Waals surface area (Å²) in [6, 6.07) is 6.48. The van der Waals surface area contributed by atoms with Crippen LogP contribution in [0.15, 0.2) is 29.2 Å². The Labute approximate surface area is 117 Å². The second kappa shape index (κ2) is 5.61. The number of rotatable bonds is 3. The molecule has 1 aromatic rings. The number of carbonyl (C=O) groups is 1. The van der Waals surface area contributed by atoms with E-state index in [9.17, 15) is 13.2 Å². The van der Waals surface area contributed by atoms with Gasteiger partial charge in [0.2, 0.25) is 10.0 Å². The summed E-state index contributed by atoms with van der Waals surface area (Å²) < 4.78 is 26.1. The van der Waals surface area contributed by atoms with Gasteiger partial charge in [-0.1, -0.05) is 6.07 Å². The van der Waals surface area contributed by atoms with Crippen LogP contribution < -0.4 is 0 Å². The van der Waals surface area contributed by atoms with Gasteiger partial charge >= 0.3 is 5.97 Å². The SMILES string of the molecule is N#Cc1cccc(S(=O)(=O)N2CCCC[C@H]2C(=O)O)c1. The molecule has 1 aliphatic heterocycles. The van der Waals surface area contributed by atoms with Crippen molar-refractivity contribution in [1.29, 1.82) is 5.26 Å². The number of hydrogen-bond donors (Lipinski definition) is 1. The van der Waals surface area contributed by atoms with Crippen LogP contribution >= 0.6 is 0 Å². The summed E-state index contributed by atoms with van der Waals surface area (Å²) in [4.78, 5) is 11.2. The maximum absolute atomic E-state index is 12.5. The molecule has 0 unspecified atom stereocenters. The number of carboxylic acids is 1. The molecule has 0 aromatic heterocycles. The van der Waals surface area contributed by atoms with Gasteiger partial charge in [0.15, 0.2) is 0 Å². The average Bonchev–Trinajstić information content (AvgIpc) is 2.47. The first-order valence-electron chi connectivity index (χ1n) is 6.21. The predicted molar refractivity (Wildman–Crippen MR) is 70.3 cm³/mol. The van der Waals surface area contributed by atoms with Gasteiger partial charge in [0.25, 0.3) is 0 Å². The first-order chi connectivity index (χ1) is 9.46. The van der Waals surface area contributed by atoms with E-state index in [1.807, 2.05) is 6.07 Å². The summed E-state index contributed by atoms with van der Waals surface area (Å²) in [6.45, 7) is 0.191. The first kappa shape index (κ1) is 14.5. The zero-order valence-corrected chi connectivity index (χ0v) is 11.5. The van der Waals surface area contributed by atoms with E-state index < -0.39 is 22.0 Å². The van der Waals surface area contributed by atoms with E-state index in [2.05, 4.69) is 0 Å². The Balaban J connectivity index is 2.42. The third-order valence-electron chi connectivity index (χ3n) is 3.31. The van der Waals surface area contributed by atoms with E-state index in [0.29, 0.717) is 19.3 Å². The van der Waals surface area contributed by atoms with Crippen LogP contribution in [0.4, 0.5) is 0 Å². The van der Waals surface area contributed by atoms with Crippen LogP contribution in [-0.4, -0.2) is 36.4 Å². The van der Waals surface area contributed by atoms with Crippen LogP contribution in [0.2, 0.25) is 0 Å². The third-order valence-corrected chi connectivity index (χ3v) is 5.21. The van der Waals surface area contributed by atoms with Crippen molar-refractivity contribution in [1.82, 2.24) is 4.31 Å². The Morgan fingerprint density at radius 1 is 1.40 bits per heavy atom. The predicted octanol–water partition coefficient (Wildman–Crippen LogP) is 1.19. The number of benzene rings is 1. The molecule has 0 amide bonds. The minimum Gasteiger partial charge on any atom is -0.480 e. The molecule has 1 heterocycles. The Bertz CT molecular complexity index is 663.